The molecule has 0 saturated carbocycles. The van der Waals surface area contributed by atoms with Crippen LogP contribution < -0.4 is 27.4 Å². The molecule has 1 saturated heterocycles. The highest BCUT2D eigenvalue weighted by atomic mass is 16.3. The third kappa shape index (κ3) is 8.79. The predicted molar refractivity (Wildman–Crippen MR) is 115 cm³/mol. The van der Waals surface area contributed by atoms with Crippen molar-refractivity contribution in [3.63, 3.8) is 0 Å². The maximum absolute atomic E-state index is 13.2. The molecule has 0 aromatic heterocycles. The van der Waals surface area contributed by atoms with E-state index in [9.17, 15) is 24.3 Å². The Kier molecular flexibility index (Phi) is 11.3. The second-order valence-corrected chi connectivity index (χ2v) is 7.36. The highest BCUT2D eigenvalue weighted by molar-refractivity contribution is 5.94. The monoisotopic (exact) mass is 441 g/mol. The predicted octanol–water partition coefficient (Wildman–Crippen LogP) is -2.46. The van der Waals surface area contributed by atoms with Crippen LogP contribution in [0.5, 0.6) is 0 Å². The van der Waals surface area contributed by atoms with E-state index in [-0.39, 0.29) is 43.8 Å². The van der Waals surface area contributed by atoms with Crippen molar-refractivity contribution in [2.45, 2.75) is 64.1 Å². The van der Waals surface area contributed by atoms with Crippen LogP contribution in [0.25, 0.3) is 0 Å². The highest BCUT2D eigenvalue weighted by Crippen LogP contribution is 2.20. The minimum atomic E-state index is -0.978. The normalized spacial score (nSPS) is 17.4. The molecule has 12 heteroatoms. The lowest BCUT2D eigenvalue weighted by molar-refractivity contribution is -0.142. The van der Waals surface area contributed by atoms with E-state index in [0.717, 1.165) is 0 Å². The number of likely N-dealkylation sites (N-methyl/N-ethyl adjacent to an activating group) is 1. The van der Waals surface area contributed by atoms with Gasteiger partial charge < -0.3 is 37.4 Å². The highest BCUT2D eigenvalue weighted by Gasteiger charge is 2.37. The number of nitrogens with zero attached hydrogens (tertiary/aromatic N) is 2. The van der Waals surface area contributed by atoms with Crippen LogP contribution in [0.3, 0.4) is 0 Å². The van der Waals surface area contributed by atoms with Gasteiger partial charge in [-0.1, -0.05) is 0 Å². The molecule has 1 heterocycles. The average Bonchev–Trinajstić information content (AvgIpc) is 3.19. The molecule has 0 aliphatic carbocycles. The zero-order valence-electron chi connectivity index (χ0n) is 18.2. The van der Waals surface area contributed by atoms with Crippen molar-refractivity contribution >= 4 is 29.6 Å². The molecule has 12 nitrogen and oxygen atoms in total. The molecule has 0 bridgehead atoms. The van der Waals surface area contributed by atoms with E-state index in [1.54, 1.807) is 6.92 Å². The Bertz CT molecular complexity index is 666. The Morgan fingerprint density at radius 1 is 1.16 bits per heavy atom. The van der Waals surface area contributed by atoms with Crippen molar-refractivity contribution in [1.29, 1.82) is 0 Å². The second kappa shape index (κ2) is 13.4. The summed E-state index contributed by atoms with van der Waals surface area (Å²) in [6.45, 7) is 3.88. The fraction of sp³-hybridized carbons (Fsp3) is 0.737. The van der Waals surface area contributed by atoms with Crippen LogP contribution in [-0.4, -0.2) is 84.0 Å². The maximum atomic E-state index is 13.2. The summed E-state index contributed by atoms with van der Waals surface area (Å²) in [5.41, 5.74) is 10.6. The first kappa shape index (κ1) is 26.1. The third-order valence-corrected chi connectivity index (χ3v) is 4.86. The number of aliphatic hydroxyl groups is 1. The van der Waals surface area contributed by atoms with Crippen LogP contribution in [0.2, 0.25) is 0 Å². The van der Waals surface area contributed by atoms with Gasteiger partial charge in [-0.25, -0.2) is 0 Å². The SMILES string of the molecule is CCNC(=O)[C@@H]1CCCN1C(=O)[C@H](CCCN=C(N)N)NC(=O)[C@H](CCO)NC(C)=O. The Labute approximate surface area is 182 Å². The number of nitrogens with two attached hydrogens (primary N) is 2. The van der Waals surface area contributed by atoms with Crippen LogP contribution in [0.1, 0.15) is 46.0 Å². The number of carbonyl (C=O) groups excluding carboxylic acids is 4. The summed E-state index contributed by atoms with van der Waals surface area (Å²) in [6, 6.07) is -2.49. The summed E-state index contributed by atoms with van der Waals surface area (Å²) in [6.07, 6.45) is 1.89. The molecule has 4 amide bonds. The van der Waals surface area contributed by atoms with Gasteiger partial charge in [0.1, 0.15) is 18.1 Å². The van der Waals surface area contributed by atoms with E-state index in [1.807, 2.05) is 0 Å². The number of guanidine groups is 1. The van der Waals surface area contributed by atoms with Gasteiger partial charge in [-0.2, -0.15) is 0 Å². The van der Waals surface area contributed by atoms with E-state index in [4.69, 9.17) is 11.5 Å². The quantitative estimate of drug-likeness (QED) is 0.110. The van der Waals surface area contributed by atoms with Gasteiger partial charge in [-0.15, -0.1) is 0 Å². The lowest BCUT2D eigenvalue weighted by Crippen LogP contribution is -2.56. The number of likely N-dealkylation sites (tertiary alicyclic amines) is 1. The van der Waals surface area contributed by atoms with Crippen LogP contribution in [0, 0.1) is 0 Å². The minimum absolute atomic E-state index is 0.00553. The standard InChI is InChI=1S/C19H35N7O5/c1-3-22-17(30)15-7-5-10-26(15)18(31)14(6-4-9-23-19(20)21)25-16(29)13(8-11-27)24-12(2)28/h13-15,27H,3-11H2,1-2H3,(H,22,30)(H,24,28)(H,25,29)(H4,20,21,23)/t13-,14-,15-/m0/s1. The molecule has 176 valence electrons. The Morgan fingerprint density at radius 2 is 1.87 bits per heavy atom. The first-order valence-electron chi connectivity index (χ1n) is 10.5. The fourth-order valence-corrected chi connectivity index (χ4v) is 3.47. The van der Waals surface area contributed by atoms with Crippen LogP contribution in [0.15, 0.2) is 4.99 Å². The van der Waals surface area contributed by atoms with Crippen LogP contribution >= 0.6 is 0 Å². The zero-order chi connectivity index (χ0) is 23.4. The van der Waals surface area contributed by atoms with Crippen LogP contribution in [-0.2, 0) is 19.2 Å². The van der Waals surface area contributed by atoms with E-state index in [1.165, 1.54) is 11.8 Å². The fourth-order valence-electron chi connectivity index (χ4n) is 3.47. The summed E-state index contributed by atoms with van der Waals surface area (Å²) < 4.78 is 0. The van der Waals surface area contributed by atoms with Gasteiger partial charge in [0, 0.05) is 33.2 Å². The number of carbonyl (C=O) groups is 4. The third-order valence-electron chi connectivity index (χ3n) is 4.86. The number of aliphatic hydroxyl groups excluding tert-OH is 1. The molecular weight excluding hydrogens is 406 g/mol. The number of amides is 4. The molecule has 0 aromatic rings. The molecule has 1 fully saturated rings. The number of rotatable bonds is 12. The molecule has 0 spiro atoms. The van der Waals surface area contributed by atoms with Gasteiger partial charge in [0.25, 0.3) is 0 Å². The van der Waals surface area contributed by atoms with Gasteiger partial charge in [0.05, 0.1) is 0 Å². The smallest absolute Gasteiger partial charge is 0.245 e. The number of hydrogen-bond acceptors (Lipinski definition) is 6. The van der Waals surface area contributed by atoms with E-state index >= 15 is 0 Å². The van der Waals surface area contributed by atoms with E-state index in [2.05, 4.69) is 20.9 Å². The van der Waals surface area contributed by atoms with Gasteiger partial charge in [0.2, 0.25) is 23.6 Å². The van der Waals surface area contributed by atoms with Crippen molar-refractivity contribution in [2.24, 2.45) is 16.5 Å². The molecule has 31 heavy (non-hydrogen) atoms. The lowest BCUT2D eigenvalue weighted by atomic mass is 10.1. The molecule has 0 aromatic carbocycles. The lowest BCUT2D eigenvalue weighted by Gasteiger charge is -2.29. The van der Waals surface area contributed by atoms with Gasteiger partial charge >= 0.3 is 0 Å². The molecule has 1 aliphatic rings. The Morgan fingerprint density at radius 3 is 2.45 bits per heavy atom. The van der Waals surface area contributed by atoms with Gasteiger partial charge in [-0.05, 0) is 39.0 Å². The Balaban J connectivity index is 2.96. The molecular formula is C19H35N7O5. The number of hydrogen-bond donors (Lipinski definition) is 6. The largest absolute Gasteiger partial charge is 0.396 e. The van der Waals surface area contributed by atoms with Crippen LogP contribution in [0.4, 0.5) is 0 Å². The summed E-state index contributed by atoms with van der Waals surface area (Å²) in [5.74, 6) is -1.69. The molecule has 0 unspecified atom stereocenters. The molecule has 8 N–H and O–H groups in total. The summed E-state index contributed by atoms with van der Waals surface area (Å²) in [4.78, 5) is 55.0. The maximum Gasteiger partial charge on any atom is 0.245 e. The van der Waals surface area contributed by atoms with E-state index < -0.39 is 29.9 Å². The first-order chi connectivity index (χ1) is 14.7. The van der Waals surface area contributed by atoms with E-state index in [0.29, 0.717) is 32.4 Å². The number of aliphatic imine (C=N–C) groups is 1. The average molecular weight is 442 g/mol. The van der Waals surface area contributed by atoms with Crippen molar-refractivity contribution in [3.8, 4) is 0 Å². The van der Waals surface area contributed by atoms with Crippen molar-refractivity contribution in [1.82, 2.24) is 20.9 Å². The topological polar surface area (TPSA) is 192 Å². The summed E-state index contributed by atoms with van der Waals surface area (Å²) in [5, 5.41) is 17.1. The molecule has 1 aliphatic heterocycles. The second-order valence-electron chi connectivity index (χ2n) is 7.36. The number of nitrogens with one attached hydrogen (secondary N) is 3. The first-order valence-corrected chi connectivity index (χ1v) is 10.5. The van der Waals surface area contributed by atoms with Crippen molar-refractivity contribution in [3.05, 3.63) is 0 Å². The molecule has 3 atom stereocenters. The van der Waals surface area contributed by atoms with Crippen molar-refractivity contribution < 1.29 is 24.3 Å². The Hall–Kier alpha value is -2.89. The van der Waals surface area contributed by atoms with Gasteiger partial charge in [0.15, 0.2) is 5.96 Å². The molecule has 1 rings (SSSR count). The minimum Gasteiger partial charge on any atom is -0.396 e. The summed E-state index contributed by atoms with van der Waals surface area (Å²) in [7, 11) is 0. The zero-order valence-corrected chi connectivity index (χ0v) is 18.2. The van der Waals surface area contributed by atoms with Crippen molar-refractivity contribution in [2.75, 3.05) is 26.2 Å². The molecule has 0 radical (unpaired) electrons. The van der Waals surface area contributed by atoms with Gasteiger partial charge in [-0.3, -0.25) is 24.2 Å². The summed E-state index contributed by atoms with van der Waals surface area (Å²) >= 11 is 0.